The van der Waals surface area contributed by atoms with Crippen molar-refractivity contribution in [3.05, 3.63) is 52.4 Å². The molecule has 0 unspecified atom stereocenters. The van der Waals surface area contributed by atoms with Crippen LogP contribution in [0.5, 0.6) is 0 Å². The number of amides is 1. The highest BCUT2D eigenvalue weighted by molar-refractivity contribution is 9.10. The van der Waals surface area contributed by atoms with Crippen LogP contribution in [0.1, 0.15) is 10.4 Å². The number of hydrogen-bond donors (Lipinski definition) is 1. The van der Waals surface area contributed by atoms with Gasteiger partial charge in [-0.1, -0.05) is 15.9 Å². The molecule has 1 aromatic heterocycles. The number of nitrogens with one attached hydrogen (secondary N) is 1. The summed E-state index contributed by atoms with van der Waals surface area (Å²) in [5, 5.41) is 2.25. The Hall–Kier alpha value is -1.89. The Kier molecular flexibility index (Phi) is 3.61. The Bertz CT molecular complexity index is 569. The van der Waals surface area contributed by atoms with E-state index in [1.165, 1.54) is 18.6 Å². The number of nitrogens with zero attached hydrogens (tertiary/aromatic N) is 2. The summed E-state index contributed by atoms with van der Waals surface area (Å²) in [7, 11) is 0. The second-order valence-electron chi connectivity index (χ2n) is 3.29. The Balaban J connectivity index is 2.30. The Labute approximate surface area is 109 Å². The highest BCUT2D eigenvalue weighted by atomic mass is 79.9. The maximum Gasteiger partial charge on any atom is 0.262 e. The lowest BCUT2D eigenvalue weighted by Gasteiger charge is -2.06. The van der Waals surface area contributed by atoms with Crippen LogP contribution in [0, 0.1) is 11.6 Å². The van der Waals surface area contributed by atoms with Gasteiger partial charge in [0.15, 0.2) is 5.82 Å². The Morgan fingerprint density at radius 2 is 1.89 bits per heavy atom. The molecule has 0 saturated heterocycles. The molecule has 0 aliphatic heterocycles. The van der Waals surface area contributed by atoms with Crippen LogP contribution in [0.25, 0.3) is 0 Å². The molecule has 1 N–H and O–H groups in total. The van der Waals surface area contributed by atoms with E-state index in [0.29, 0.717) is 0 Å². The Morgan fingerprint density at radius 1 is 1.22 bits per heavy atom. The summed E-state index contributed by atoms with van der Waals surface area (Å²) in [6.07, 6.45) is 4.03. The van der Waals surface area contributed by atoms with E-state index in [-0.39, 0.29) is 10.3 Å². The SMILES string of the molecule is O=C(Nc1cnccn1)c1c(F)cc(Br)cc1F. The van der Waals surface area contributed by atoms with E-state index < -0.39 is 23.1 Å². The first kappa shape index (κ1) is 12.6. The van der Waals surface area contributed by atoms with Crippen LogP contribution in [0.15, 0.2) is 35.2 Å². The van der Waals surface area contributed by atoms with Crippen molar-refractivity contribution in [1.29, 1.82) is 0 Å². The highest BCUT2D eigenvalue weighted by Gasteiger charge is 2.18. The topological polar surface area (TPSA) is 54.9 Å². The van der Waals surface area contributed by atoms with E-state index in [2.05, 4.69) is 31.2 Å². The van der Waals surface area contributed by atoms with Crippen LogP contribution in [0.2, 0.25) is 0 Å². The van der Waals surface area contributed by atoms with Gasteiger partial charge in [0.25, 0.3) is 5.91 Å². The molecule has 1 heterocycles. The molecule has 92 valence electrons. The van der Waals surface area contributed by atoms with Gasteiger partial charge in [0.05, 0.1) is 6.20 Å². The summed E-state index contributed by atoms with van der Waals surface area (Å²) in [6.45, 7) is 0. The van der Waals surface area contributed by atoms with Crippen molar-refractivity contribution in [3.63, 3.8) is 0 Å². The standard InChI is InChI=1S/C11H6BrF2N3O/c12-6-3-7(13)10(8(14)4-6)11(18)17-9-5-15-1-2-16-9/h1-5H,(H,16,17,18). The van der Waals surface area contributed by atoms with Crippen LogP contribution >= 0.6 is 15.9 Å². The van der Waals surface area contributed by atoms with Gasteiger partial charge in [-0.3, -0.25) is 9.78 Å². The van der Waals surface area contributed by atoms with Gasteiger partial charge in [0.1, 0.15) is 17.2 Å². The van der Waals surface area contributed by atoms with Gasteiger partial charge < -0.3 is 5.32 Å². The number of halogens is 3. The second-order valence-corrected chi connectivity index (χ2v) is 4.20. The summed E-state index contributed by atoms with van der Waals surface area (Å²) in [5.41, 5.74) is -0.663. The van der Waals surface area contributed by atoms with E-state index in [4.69, 9.17) is 0 Å². The van der Waals surface area contributed by atoms with Crippen molar-refractivity contribution in [3.8, 4) is 0 Å². The average Bonchev–Trinajstić information content (AvgIpc) is 2.28. The molecular weight excluding hydrogens is 308 g/mol. The maximum atomic E-state index is 13.5. The van der Waals surface area contributed by atoms with Crippen molar-refractivity contribution >= 4 is 27.7 Å². The zero-order valence-corrected chi connectivity index (χ0v) is 10.4. The molecule has 0 radical (unpaired) electrons. The molecule has 0 spiro atoms. The van der Waals surface area contributed by atoms with E-state index >= 15 is 0 Å². The number of anilines is 1. The van der Waals surface area contributed by atoms with Gasteiger partial charge in [-0.25, -0.2) is 13.8 Å². The lowest BCUT2D eigenvalue weighted by Crippen LogP contribution is -2.16. The van der Waals surface area contributed by atoms with Crippen LogP contribution in [0.3, 0.4) is 0 Å². The fraction of sp³-hybridized carbons (Fsp3) is 0. The number of rotatable bonds is 2. The predicted molar refractivity (Wildman–Crippen MR) is 64.0 cm³/mol. The molecule has 0 aliphatic rings. The van der Waals surface area contributed by atoms with Crippen LogP contribution in [0.4, 0.5) is 14.6 Å². The third-order valence-corrected chi connectivity index (χ3v) is 2.50. The molecule has 0 atom stereocenters. The van der Waals surface area contributed by atoms with Gasteiger partial charge in [0, 0.05) is 16.9 Å². The highest BCUT2D eigenvalue weighted by Crippen LogP contribution is 2.20. The van der Waals surface area contributed by atoms with E-state index in [1.54, 1.807) is 0 Å². The molecule has 2 rings (SSSR count). The number of hydrogen-bond acceptors (Lipinski definition) is 3. The van der Waals surface area contributed by atoms with Crippen molar-refractivity contribution in [2.24, 2.45) is 0 Å². The molecule has 4 nitrogen and oxygen atoms in total. The number of carbonyl (C=O) groups excluding carboxylic acids is 1. The molecule has 1 aromatic carbocycles. The van der Waals surface area contributed by atoms with E-state index in [0.717, 1.165) is 12.1 Å². The molecule has 2 aromatic rings. The van der Waals surface area contributed by atoms with Crippen LogP contribution in [-0.4, -0.2) is 15.9 Å². The summed E-state index contributed by atoms with van der Waals surface area (Å²) in [6, 6.07) is 2.02. The second kappa shape index (κ2) is 5.18. The van der Waals surface area contributed by atoms with Crippen LogP contribution < -0.4 is 5.32 Å². The summed E-state index contributed by atoms with van der Waals surface area (Å²) >= 11 is 2.93. The lowest BCUT2D eigenvalue weighted by atomic mass is 10.2. The largest absolute Gasteiger partial charge is 0.305 e. The zero-order chi connectivity index (χ0) is 13.1. The molecule has 0 fully saturated rings. The van der Waals surface area contributed by atoms with Gasteiger partial charge in [-0.05, 0) is 12.1 Å². The van der Waals surface area contributed by atoms with E-state index in [9.17, 15) is 13.6 Å². The van der Waals surface area contributed by atoms with E-state index in [1.807, 2.05) is 0 Å². The molecule has 7 heteroatoms. The average molecular weight is 314 g/mol. The zero-order valence-electron chi connectivity index (χ0n) is 8.82. The van der Waals surface area contributed by atoms with Gasteiger partial charge >= 0.3 is 0 Å². The number of carbonyl (C=O) groups is 1. The third-order valence-electron chi connectivity index (χ3n) is 2.04. The minimum Gasteiger partial charge on any atom is -0.305 e. The summed E-state index contributed by atoms with van der Waals surface area (Å²) < 4.78 is 27.2. The van der Waals surface area contributed by atoms with Crippen molar-refractivity contribution in [1.82, 2.24) is 9.97 Å². The maximum absolute atomic E-state index is 13.5. The van der Waals surface area contributed by atoms with Crippen molar-refractivity contribution in [2.75, 3.05) is 5.32 Å². The molecular formula is C11H6BrF2N3O. The first-order valence-electron chi connectivity index (χ1n) is 4.80. The minimum absolute atomic E-state index is 0.115. The number of aromatic nitrogens is 2. The van der Waals surface area contributed by atoms with Crippen molar-refractivity contribution < 1.29 is 13.6 Å². The Morgan fingerprint density at radius 3 is 2.44 bits per heavy atom. The normalized spacial score (nSPS) is 10.2. The smallest absolute Gasteiger partial charge is 0.262 e. The first-order valence-corrected chi connectivity index (χ1v) is 5.59. The number of benzene rings is 1. The molecule has 1 amide bonds. The first-order chi connectivity index (χ1) is 8.58. The van der Waals surface area contributed by atoms with Gasteiger partial charge in [-0.2, -0.15) is 0 Å². The fourth-order valence-corrected chi connectivity index (χ4v) is 1.70. The lowest BCUT2D eigenvalue weighted by molar-refractivity contribution is 0.101. The minimum atomic E-state index is -0.955. The predicted octanol–water partition coefficient (Wildman–Crippen LogP) is 2.77. The summed E-state index contributed by atoms with van der Waals surface area (Å²) in [5.74, 6) is -2.71. The fourth-order valence-electron chi connectivity index (χ4n) is 1.30. The monoisotopic (exact) mass is 313 g/mol. The van der Waals surface area contributed by atoms with Gasteiger partial charge in [0.2, 0.25) is 0 Å². The third kappa shape index (κ3) is 2.67. The molecule has 0 saturated carbocycles. The molecule has 0 bridgehead atoms. The quantitative estimate of drug-likeness (QED) is 0.927. The van der Waals surface area contributed by atoms with Crippen LogP contribution in [-0.2, 0) is 0 Å². The molecule has 0 aliphatic carbocycles. The van der Waals surface area contributed by atoms with Crippen molar-refractivity contribution in [2.45, 2.75) is 0 Å². The molecule has 18 heavy (non-hydrogen) atoms. The van der Waals surface area contributed by atoms with Gasteiger partial charge in [-0.15, -0.1) is 0 Å². The summed E-state index contributed by atoms with van der Waals surface area (Å²) in [4.78, 5) is 19.2.